The fraction of sp³-hybridized carbons (Fsp3) is 0.769. The summed E-state index contributed by atoms with van der Waals surface area (Å²) in [5.74, 6) is 0. The zero-order chi connectivity index (χ0) is 15.6. The van der Waals surface area contributed by atoms with Gasteiger partial charge in [0.2, 0.25) is 0 Å². The number of hydrogen-bond donors (Lipinski definition) is 0. The Morgan fingerprint density at radius 1 is 0.700 bits per heavy atom. The largest absolute Gasteiger partial charge is 0.759 e. The zero-order valence-electron chi connectivity index (χ0n) is 13.7. The molecule has 0 bridgehead atoms. The molecule has 6 nitrogen and oxygen atoms in total. The lowest BCUT2D eigenvalue weighted by Crippen LogP contribution is -2.38. The first-order chi connectivity index (χ1) is 9.36. The van der Waals surface area contributed by atoms with E-state index in [4.69, 9.17) is 13.6 Å². The van der Waals surface area contributed by atoms with Crippen molar-refractivity contribution in [3.8, 4) is 0 Å². The molecule has 0 N–H and O–H groups in total. The molecule has 0 atom stereocenters. The van der Waals surface area contributed by atoms with E-state index in [-0.39, 0.29) is 0 Å². The van der Waals surface area contributed by atoms with Crippen LogP contribution in [0.1, 0.15) is 60.8 Å². The molecule has 0 aliphatic rings. The monoisotopic (exact) mass is 301 g/mol. The average Bonchev–Trinajstić information content (AvgIpc) is 2.47. The Morgan fingerprint density at radius 3 is 1.15 bits per heavy atom. The number of nitrogens with zero attached hydrogens (tertiary/aromatic N) is 3. The lowest BCUT2D eigenvalue weighted by molar-refractivity contribution is 0.0723. The smallest absolute Gasteiger partial charge is 0.373 e. The Hall–Kier alpha value is -1.37. The first-order valence-corrected chi connectivity index (χ1v) is 9.24. The maximum Gasteiger partial charge on any atom is 0.759 e. The van der Waals surface area contributed by atoms with Gasteiger partial charge in [-0.15, -0.1) is 15.5 Å². The van der Waals surface area contributed by atoms with Crippen molar-refractivity contribution in [2.45, 2.75) is 67.4 Å². The molecule has 0 aromatic carbocycles. The molecule has 0 heterocycles. The van der Waals surface area contributed by atoms with Crippen molar-refractivity contribution >= 4 is 25.9 Å². The van der Waals surface area contributed by atoms with E-state index in [0.717, 1.165) is 36.4 Å². The first-order valence-electron chi connectivity index (χ1n) is 7.01. The van der Waals surface area contributed by atoms with E-state index in [0.29, 0.717) is 0 Å². The van der Waals surface area contributed by atoms with Crippen LogP contribution in [0.2, 0.25) is 6.55 Å². The molecule has 0 rings (SSSR count). The van der Waals surface area contributed by atoms with Crippen LogP contribution >= 0.6 is 0 Å². The molecule has 7 heteroatoms. The van der Waals surface area contributed by atoms with E-state index in [9.17, 15) is 0 Å². The predicted molar refractivity (Wildman–Crippen MR) is 85.1 cm³/mol. The topological polar surface area (TPSA) is 64.8 Å². The minimum atomic E-state index is -3.05. The normalized spacial score (nSPS) is 14.2. The summed E-state index contributed by atoms with van der Waals surface area (Å²) in [6.45, 7) is 13.4. The van der Waals surface area contributed by atoms with Crippen LogP contribution in [-0.2, 0) is 13.6 Å². The Balaban J connectivity index is 4.92. The van der Waals surface area contributed by atoms with Crippen LogP contribution < -0.4 is 0 Å². The molecule has 0 aromatic heterocycles. The highest BCUT2D eigenvalue weighted by atomic mass is 28.4. The summed E-state index contributed by atoms with van der Waals surface area (Å²) in [4.78, 5) is 0. The van der Waals surface area contributed by atoms with E-state index in [1.807, 2.05) is 41.5 Å². The molecule has 0 aliphatic heterocycles. The molecule has 0 fully saturated rings. The standard InChI is InChI=1S/C13H27N3O3Si/c1-8-11(4)14-17-20(7,18-15-12(5)9-2)19-16-13(6)10-3/h8-10H2,1-7H3/b14-11+,15-12+,16-13+. The van der Waals surface area contributed by atoms with Crippen molar-refractivity contribution in [2.75, 3.05) is 0 Å². The lowest BCUT2D eigenvalue weighted by atomic mass is 10.3. The molecule has 0 spiro atoms. The van der Waals surface area contributed by atoms with Crippen LogP contribution in [0.4, 0.5) is 0 Å². The Bertz CT molecular complexity index is 326. The number of hydrogen-bond acceptors (Lipinski definition) is 6. The highest BCUT2D eigenvalue weighted by molar-refractivity contribution is 6.59. The summed E-state index contributed by atoms with van der Waals surface area (Å²) >= 11 is 0. The van der Waals surface area contributed by atoms with E-state index < -0.39 is 8.80 Å². The van der Waals surface area contributed by atoms with E-state index in [1.54, 1.807) is 6.55 Å². The van der Waals surface area contributed by atoms with Crippen molar-refractivity contribution < 1.29 is 13.6 Å². The third-order valence-corrected chi connectivity index (χ3v) is 3.91. The average molecular weight is 301 g/mol. The molecule has 0 radical (unpaired) electrons. The SMILES string of the molecule is CC/C(C)=N/O[Si](C)(O/N=C(\C)CC)O/N=C(\C)CC. The van der Waals surface area contributed by atoms with Crippen molar-refractivity contribution in [3.63, 3.8) is 0 Å². The van der Waals surface area contributed by atoms with Gasteiger partial charge in [0.15, 0.2) is 0 Å². The van der Waals surface area contributed by atoms with Gasteiger partial charge in [-0.3, -0.25) is 0 Å². The first kappa shape index (κ1) is 18.6. The van der Waals surface area contributed by atoms with Crippen molar-refractivity contribution in [1.82, 2.24) is 0 Å². The van der Waals surface area contributed by atoms with Gasteiger partial charge in [0.05, 0.1) is 17.1 Å². The minimum absolute atomic E-state index is 0.805. The van der Waals surface area contributed by atoms with Crippen LogP contribution in [-0.4, -0.2) is 25.9 Å². The van der Waals surface area contributed by atoms with Crippen molar-refractivity contribution in [2.24, 2.45) is 15.5 Å². The van der Waals surface area contributed by atoms with Gasteiger partial charge >= 0.3 is 8.80 Å². The third-order valence-electron chi connectivity index (χ3n) is 2.64. The van der Waals surface area contributed by atoms with Gasteiger partial charge in [0.1, 0.15) is 0 Å². The van der Waals surface area contributed by atoms with E-state index >= 15 is 0 Å². The minimum Gasteiger partial charge on any atom is -0.373 e. The number of rotatable bonds is 9. The second kappa shape index (κ2) is 9.52. The predicted octanol–water partition coefficient (Wildman–Crippen LogP) is 3.96. The van der Waals surface area contributed by atoms with Gasteiger partial charge in [0.25, 0.3) is 0 Å². The Labute approximate surface area is 123 Å². The van der Waals surface area contributed by atoms with Crippen LogP contribution in [0.5, 0.6) is 0 Å². The second-order valence-corrected chi connectivity index (χ2v) is 6.95. The molecule has 0 aliphatic carbocycles. The quantitative estimate of drug-likeness (QED) is 0.368. The van der Waals surface area contributed by atoms with Crippen molar-refractivity contribution in [3.05, 3.63) is 0 Å². The van der Waals surface area contributed by atoms with Gasteiger partial charge in [-0.2, -0.15) is 0 Å². The molecule has 0 saturated carbocycles. The molecule has 116 valence electrons. The van der Waals surface area contributed by atoms with E-state index in [1.165, 1.54) is 0 Å². The summed E-state index contributed by atoms with van der Waals surface area (Å²) in [5, 5.41) is 12.0. The Kier molecular flexibility index (Phi) is 8.86. The summed E-state index contributed by atoms with van der Waals surface area (Å²) < 4.78 is 16.3. The van der Waals surface area contributed by atoms with Gasteiger partial charge in [-0.25, -0.2) is 0 Å². The molecule has 0 unspecified atom stereocenters. The molecule has 0 amide bonds. The van der Waals surface area contributed by atoms with Crippen LogP contribution in [0.15, 0.2) is 15.5 Å². The molecule has 0 saturated heterocycles. The third kappa shape index (κ3) is 7.93. The molecule has 0 aromatic rings. The van der Waals surface area contributed by atoms with Crippen LogP contribution in [0, 0.1) is 0 Å². The van der Waals surface area contributed by atoms with Crippen molar-refractivity contribution in [1.29, 1.82) is 0 Å². The molecular weight excluding hydrogens is 274 g/mol. The highest BCUT2D eigenvalue weighted by Crippen LogP contribution is 2.12. The van der Waals surface area contributed by atoms with Gasteiger partial charge in [-0.05, 0) is 40.0 Å². The summed E-state index contributed by atoms with van der Waals surface area (Å²) in [6.07, 6.45) is 2.41. The van der Waals surface area contributed by atoms with Gasteiger partial charge in [-0.1, -0.05) is 20.8 Å². The maximum atomic E-state index is 5.44. The van der Waals surface area contributed by atoms with E-state index in [2.05, 4.69) is 15.5 Å². The van der Waals surface area contributed by atoms with Gasteiger partial charge < -0.3 is 13.6 Å². The maximum absolute atomic E-state index is 5.44. The lowest BCUT2D eigenvalue weighted by Gasteiger charge is -2.18. The summed E-state index contributed by atoms with van der Waals surface area (Å²) in [7, 11) is -3.05. The number of oxime groups is 3. The fourth-order valence-electron chi connectivity index (χ4n) is 0.726. The summed E-state index contributed by atoms with van der Waals surface area (Å²) in [5.41, 5.74) is 2.59. The Morgan fingerprint density at radius 2 is 0.950 bits per heavy atom. The van der Waals surface area contributed by atoms with Gasteiger partial charge in [0, 0.05) is 6.55 Å². The zero-order valence-corrected chi connectivity index (χ0v) is 14.7. The summed E-state index contributed by atoms with van der Waals surface area (Å²) in [6, 6.07) is 0. The highest BCUT2D eigenvalue weighted by Gasteiger charge is 2.45. The second-order valence-electron chi connectivity index (χ2n) is 4.68. The van der Waals surface area contributed by atoms with Crippen LogP contribution in [0.3, 0.4) is 0 Å². The van der Waals surface area contributed by atoms with Crippen LogP contribution in [0.25, 0.3) is 0 Å². The molecular formula is C13H27N3O3Si. The molecule has 20 heavy (non-hydrogen) atoms. The fourth-order valence-corrected chi connectivity index (χ4v) is 1.79.